The lowest BCUT2D eigenvalue weighted by molar-refractivity contribution is 0.0153. The van der Waals surface area contributed by atoms with E-state index in [1.807, 2.05) is 0 Å². The van der Waals surface area contributed by atoms with Crippen molar-refractivity contribution < 1.29 is 13.9 Å². The second-order valence-corrected chi connectivity index (χ2v) is 1.32. The van der Waals surface area contributed by atoms with E-state index >= 15 is 0 Å². The fraction of sp³-hybridized carbons (Fsp3) is 1.00. The number of hydrogen-bond donors (Lipinski definition) is 1. The third-order valence-corrected chi connectivity index (χ3v) is 0.650. The molecule has 1 atom stereocenters. The van der Waals surface area contributed by atoms with Gasteiger partial charge in [0.25, 0.3) is 0 Å². The van der Waals surface area contributed by atoms with Crippen molar-refractivity contribution in [3.05, 3.63) is 0 Å². The Morgan fingerprint density at radius 2 is 2.12 bits per heavy atom. The third kappa shape index (κ3) is 3.95. The molecule has 0 saturated heterocycles. The fourth-order valence-electron chi connectivity index (χ4n) is 0.235. The molecular weight excluding hydrogens is 116 g/mol. The number of rotatable bonds is 3. The van der Waals surface area contributed by atoms with Crippen LogP contribution in [0.1, 0.15) is 13.3 Å². The molecule has 0 amide bonds. The highest BCUT2D eigenvalue weighted by atomic mass is 19.3. The minimum Gasteiger partial charge on any atom is -0.377 e. The van der Waals surface area contributed by atoms with Gasteiger partial charge in [-0.25, -0.2) is 0 Å². The summed E-state index contributed by atoms with van der Waals surface area (Å²) >= 11 is 0. The Kier molecular flexibility index (Phi) is 3.64. The highest BCUT2D eigenvalue weighted by molar-refractivity contribution is 4.44. The fourth-order valence-corrected chi connectivity index (χ4v) is 0.235. The highest BCUT2D eigenvalue weighted by Crippen LogP contribution is 1.93. The van der Waals surface area contributed by atoms with Crippen LogP contribution in [0.25, 0.3) is 0 Å². The van der Waals surface area contributed by atoms with Crippen LogP contribution >= 0.6 is 0 Å². The molecule has 49 valence electrons. The summed E-state index contributed by atoms with van der Waals surface area (Å²) < 4.78 is 22.3. The van der Waals surface area contributed by atoms with Gasteiger partial charge in [0.15, 0.2) is 0 Å². The van der Waals surface area contributed by atoms with E-state index in [2.05, 4.69) is 5.32 Å². The van der Waals surface area contributed by atoms with Gasteiger partial charge in [-0.15, -0.1) is 5.32 Å². The summed E-state index contributed by atoms with van der Waals surface area (Å²) in [5.41, 5.74) is 0. The van der Waals surface area contributed by atoms with E-state index in [0.29, 0.717) is 0 Å². The summed E-state index contributed by atoms with van der Waals surface area (Å²) in [4.78, 5) is 0. The van der Waals surface area contributed by atoms with Crippen LogP contribution in [-0.2, 0) is 0 Å². The zero-order valence-corrected chi connectivity index (χ0v) is 4.51. The van der Waals surface area contributed by atoms with E-state index in [9.17, 15) is 8.78 Å². The first-order chi connectivity index (χ1) is 3.66. The molecule has 1 N–H and O–H groups in total. The van der Waals surface area contributed by atoms with E-state index in [1.54, 1.807) is 6.92 Å². The van der Waals surface area contributed by atoms with Crippen LogP contribution in [0.4, 0.5) is 8.78 Å². The van der Waals surface area contributed by atoms with Crippen LogP contribution in [0.3, 0.4) is 0 Å². The average molecular weight is 124 g/mol. The molecule has 2 nitrogen and oxygen atoms in total. The SMILES string of the molecule is CCC(O)[N]C(F)F. The van der Waals surface area contributed by atoms with Crippen molar-refractivity contribution in [3.8, 4) is 0 Å². The smallest absolute Gasteiger partial charge is 0.309 e. The Morgan fingerprint density at radius 1 is 1.62 bits per heavy atom. The van der Waals surface area contributed by atoms with Gasteiger partial charge in [0, 0.05) is 0 Å². The first kappa shape index (κ1) is 7.78. The standard InChI is InChI=1S/C4H8F2NO/c1-2-3(8)7-4(5)6/h3-4,8H,2H2,1H3. The van der Waals surface area contributed by atoms with Crippen molar-refractivity contribution in [3.63, 3.8) is 0 Å². The Balaban J connectivity index is 3.10. The molecule has 0 spiro atoms. The normalized spacial score (nSPS) is 14.6. The van der Waals surface area contributed by atoms with Crippen LogP contribution in [0.5, 0.6) is 0 Å². The second kappa shape index (κ2) is 3.74. The van der Waals surface area contributed by atoms with Crippen LogP contribution in [0.15, 0.2) is 0 Å². The average Bonchev–Trinajstić information content (AvgIpc) is 1.65. The van der Waals surface area contributed by atoms with Crippen LogP contribution in [0, 0.1) is 0 Å². The van der Waals surface area contributed by atoms with Crippen LogP contribution in [0.2, 0.25) is 0 Å². The number of aliphatic hydroxyl groups is 1. The Labute approximate surface area is 46.5 Å². The molecule has 0 rings (SSSR count). The number of aliphatic hydroxyl groups excluding tert-OH is 1. The van der Waals surface area contributed by atoms with E-state index in [-0.39, 0.29) is 6.42 Å². The first-order valence-electron chi connectivity index (χ1n) is 2.33. The minimum absolute atomic E-state index is 0.240. The molecule has 8 heavy (non-hydrogen) atoms. The van der Waals surface area contributed by atoms with Gasteiger partial charge in [0.2, 0.25) is 0 Å². The lowest BCUT2D eigenvalue weighted by atomic mass is 10.4. The largest absolute Gasteiger partial charge is 0.377 e. The van der Waals surface area contributed by atoms with E-state index < -0.39 is 12.8 Å². The molecule has 0 saturated carbocycles. The Hall–Kier alpha value is -0.220. The lowest BCUT2D eigenvalue weighted by Gasteiger charge is -2.04. The predicted octanol–water partition coefficient (Wildman–Crippen LogP) is 0.542. The van der Waals surface area contributed by atoms with Crippen molar-refractivity contribution in [2.24, 2.45) is 0 Å². The van der Waals surface area contributed by atoms with Gasteiger partial charge in [-0.2, -0.15) is 8.78 Å². The second-order valence-electron chi connectivity index (χ2n) is 1.32. The molecule has 4 heteroatoms. The summed E-state index contributed by atoms with van der Waals surface area (Å²) in [7, 11) is 0. The molecule has 0 aromatic rings. The maximum atomic E-state index is 11.1. The summed E-state index contributed by atoms with van der Waals surface area (Å²) in [5, 5.41) is 11.0. The Bertz CT molecular complexity index is 60.0. The van der Waals surface area contributed by atoms with Gasteiger partial charge in [0.1, 0.15) is 6.23 Å². The van der Waals surface area contributed by atoms with E-state index in [0.717, 1.165) is 0 Å². The summed E-state index contributed by atoms with van der Waals surface area (Å²) in [6.45, 7) is -1.17. The summed E-state index contributed by atoms with van der Waals surface area (Å²) in [6, 6.07) is 0. The van der Waals surface area contributed by atoms with Crippen LogP contribution < -0.4 is 5.32 Å². The van der Waals surface area contributed by atoms with Gasteiger partial charge in [0.05, 0.1) is 0 Å². The quantitative estimate of drug-likeness (QED) is 0.547. The number of nitrogens with zero attached hydrogens (tertiary/aromatic N) is 1. The summed E-state index contributed by atoms with van der Waals surface area (Å²) in [5.74, 6) is 0. The zero-order valence-electron chi connectivity index (χ0n) is 4.51. The molecular formula is C4H8F2NO. The minimum atomic E-state index is -2.75. The molecule has 1 radical (unpaired) electrons. The molecule has 0 bridgehead atoms. The Morgan fingerprint density at radius 3 is 2.25 bits per heavy atom. The maximum Gasteiger partial charge on any atom is 0.309 e. The zero-order chi connectivity index (χ0) is 6.57. The monoisotopic (exact) mass is 124 g/mol. The molecule has 0 aliphatic heterocycles. The molecule has 1 unspecified atom stereocenters. The molecule has 0 fully saturated rings. The van der Waals surface area contributed by atoms with Gasteiger partial charge < -0.3 is 5.11 Å². The van der Waals surface area contributed by atoms with Crippen LogP contribution in [-0.4, -0.2) is 17.9 Å². The molecule has 0 aliphatic rings. The molecule has 0 aliphatic carbocycles. The topological polar surface area (TPSA) is 34.3 Å². The number of alkyl halides is 2. The van der Waals surface area contributed by atoms with Crippen molar-refractivity contribution in [2.75, 3.05) is 0 Å². The number of halogens is 2. The van der Waals surface area contributed by atoms with Gasteiger partial charge >= 0.3 is 6.55 Å². The van der Waals surface area contributed by atoms with Crippen molar-refractivity contribution in [1.82, 2.24) is 5.32 Å². The maximum absolute atomic E-state index is 11.1. The van der Waals surface area contributed by atoms with E-state index in [1.165, 1.54) is 0 Å². The summed E-state index contributed by atoms with van der Waals surface area (Å²) in [6.07, 6.45) is -0.959. The molecule has 0 aromatic carbocycles. The van der Waals surface area contributed by atoms with Gasteiger partial charge in [-0.3, -0.25) is 0 Å². The lowest BCUT2D eigenvalue weighted by Crippen LogP contribution is -2.24. The van der Waals surface area contributed by atoms with Crippen molar-refractivity contribution in [2.45, 2.75) is 26.1 Å². The first-order valence-corrected chi connectivity index (χ1v) is 2.33. The van der Waals surface area contributed by atoms with Gasteiger partial charge in [-0.05, 0) is 6.42 Å². The highest BCUT2D eigenvalue weighted by Gasteiger charge is 2.08. The molecule has 0 aromatic heterocycles. The van der Waals surface area contributed by atoms with Crippen molar-refractivity contribution >= 4 is 0 Å². The van der Waals surface area contributed by atoms with Crippen molar-refractivity contribution in [1.29, 1.82) is 0 Å². The van der Waals surface area contributed by atoms with Gasteiger partial charge in [-0.1, -0.05) is 6.92 Å². The third-order valence-electron chi connectivity index (χ3n) is 0.650. The molecule has 0 heterocycles. The van der Waals surface area contributed by atoms with E-state index in [4.69, 9.17) is 5.11 Å². The predicted molar refractivity (Wildman–Crippen MR) is 24.4 cm³/mol. The number of hydrogen-bond acceptors (Lipinski definition) is 1.